The van der Waals surface area contributed by atoms with Gasteiger partial charge < -0.3 is 21.5 Å². The first-order valence-electron chi connectivity index (χ1n) is 6.17. The number of rotatable bonds is 5. The van der Waals surface area contributed by atoms with Gasteiger partial charge in [0.1, 0.15) is 5.00 Å². The second-order valence-electron chi connectivity index (χ2n) is 4.27. The zero-order valence-corrected chi connectivity index (χ0v) is 12.2. The fraction of sp³-hybridized carbons (Fsp3) is 0.0714. The van der Waals surface area contributed by atoms with Gasteiger partial charge in [-0.1, -0.05) is 0 Å². The number of thiophene rings is 1. The second kappa shape index (κ2) is 6.72. The van der Waals surface area contributed by atoms with Crippen molar-refractivity contribution in [3.8, 4) is 0 Å². The van der Waals surface area contributed by atoms with Gasteiger partial charge in [0.15, 0.2) is 6.61 Å². The lowest BCUT2D eigenvalue weighted by Crippen LogP contribution is -2.22. The highest BCUT2D eigenvalue weighted by molar-refractivity contribution is 7.14. The Hall–Kier alpha value is -2.87. The summed E-state index contributed by atoms with van der Waals surface area (Å²) in [5.41, 5.74) is 11.7. The van der Waals surface area contributed by atoms with Gasteiger partial charge in [-0.2, -0.15) is 0 Å². The van der Waals surface area contributed by atoms with Crippen LogP contribution in [-0.4, -0.2) is 24.4 Å². The van der Waals surface area contributed by atoms with Crippen LogP contribution in [0.1, 0.15) is 20.7 Å². The number of ether oxygens (including phenoxy) is 1. The summed E-state index contributed by atoms with van der Waals surface area (Å²) in [6.07, 6.45) is 0. The molecule has 0 unspecified atom stereocenters. The summed E-state index contributed by atoms with van der Waals surface area (Å²) in [5, 5.41) is 4.41. The first kappa shape index (κ1) is 15.5. The highest BCUT2D eigenvalue weighted by Gasteiger charge is 2.14. The number of hydrogen-bond donors (Lipinski definition) is 3. The minimum atomic E-state index is -0.643. The lowest BCUT2D eigenvalue weighted by molar-refractivity contribution is -0.119. The average molecular weight is 319 g/mol. The highest BCUT2D eigenvalue weighted by Crippen LogP contribution is 2.22. The van der Waals surface area contributed by atoms with Gasteiger partial charge in [-0.15, -0.1) is 11.3 Å². The molecule has 0 aliphatic carbocycles. The molecule has 0 fully saturated rings. The molecule has 22 heavy (non-hydrogen) atoms. The molecule has 114 valence electrons. The van der Waals surface area contributed by atoms with Gasteiger partial charge in [-0.05, 0) is 35.7 Å². The largest absolute Gasteiger partial charge is 0.452 e. The van der Waals surface area contributed by atoms with Crippen molar-refractivity contribution >= 4 is 39.8 Å². The van der Waals surface area contributed by atoms with E-state index in [0.717, 1.165) is 11.3 Å². The SMILES string of the molecule is NC(=O)c1ccsc1NC(=O)COC(=O)c1ccc(N)cc1. The average Bonchev–Trinajstić information content (AvgIpc) is 2.94. The maximum atomic E-state index is 11.7. The Balaban J connectivity index is 1.90. The summed E-state index contributed by atoms with van der Waals surface area (Å²) in [4.78, 5) is 34.6. The van der Waals surface area contributed by atoms with Crippen molar-refractivity contribution < 1.29 is 19.1 Å². The molecule has 1 aromatic carbocycles. The summed E-state index contributed by atoms with van der Waals surface area (Å²) in [6, 6.07) is 7.62. The second-order valence-corrected chi connectivity index (χ2v) is 5.19. The molecule has 1 aromatic heterocycles. The zero-order valence-electron chi connectivity index (χ0n) is 11.4. The number of nitrogens with one attached hydrogen (secondary N) is 1. The first-order valence-corrected chi connectivity index (χ1v) is 7.05. The Morgan fingerprint density at radius 2 is 1.82 bits per heavy atom. The van der Waals surface area contributed by atoms with Gasteiger partial charge in [-0.25, -0.2) is 4.79 Å². The van der Waals surface area contributed by atoms with Crippen molar-refractivity contribution in [3.63, 3.8) is 0 Å². The van der Waals surface area contributed by atoms with E-state index in [1.165, 1.54) is 18.2 Å². The summed E-state index contributed by atoms with van der Waals surface area (Å²) in [6.45, 7) is -0.473. The lowest BCUT2D eigenvalue weighted by atomic mass is 10.2. The fourth-order valence-corrected chi connectivity index (χ4v) is 2.41. The predicted octanol–water partition coefficient (Wildman–Crippen LogP) is 1.22. The van der Waals surface area contributed by atoms with Crippen molar-refractivity contribution in [3.05, 3.63) is 46.8 Å². The van der Waals surface area contributed by atoms with Crippen molar-refractivity contribution in [2.24, 2.45) is 5.73 Å². The van der Waals surface area contributed by atoms with Gasteiger partial charge >= 0.3 is 5.97 Å². The maximum Gasteiger partial charge on any atom is 0.338 e. The molecule has 5 N–H and O–H groups in total. The summed E-state index contributed by atoms with van der Waals surface area (Å²) in [7, 11) is 0. The van der Waals surface area contributed by atoms with E-state index in [0.29, 0.717) is 10.7 Å². The number of carbonyl (C=O) groups is 3. The quantitative estimate of drug-likeness (QED) is 0.564. The molecule has 0 saturated carbocycles. The molecule has 7 nitrogen and oxygen atoms in total. The smallest absolute Gasteiger partial charge is 0.338 e. The molecule has 0 saturated heterocycles. The number of hydrogen-bond acceptors (Lipinski definition) is 6. The van der Waals surface area contributed by atoms with Crippen LogP contribution in [0.2, 0.25) is 0 Å². The Kier molecular flexibility index (Phi) is 4.74. The van der Waals surface area contributed by atoms with Crippen molar-refractivity contribution in [2.75, 3.05) is 17.7 Å². The third-order valence-electron chi connectivity index (χ3n) is 2.66. The van der Waals surface area contributed by atoms with E-state index in [2.05, 4.69) is 5.32 Å². The van der Waals surface area contributed by atoms with Gasteiger partial charge in [-0.3, -0.25) is 9.59 Å². The van der Waals surface area contributed by atoms with Crippen molar-refractivity contribution in [1.82, 2.24) is 0 Å². The molecule has 0 bridgehead atoms. The van der Waals surface area contributed by atoms with E-state index in [9.17, 15) is 14.4 Å². The van der Waals surface area contributed by atoms with Crippen LogP contribution in [0, 0.1) is 0 Å². The fourth-order valence-electron chi connectivity index (χ4n) is 1.60. The van der Waals surface area contributed by atoms with Gasteiger partial charge in [0, 0.05) is 5.69 Å². The van der Waals surface area contributed by atoms with E-state index in [-0.39, 0.29) is 11.1 Å². The Morgan fingerprint density at radius 3 is 2.45 bits per heavy atom. The molecule has 0 radical (unpaired) electrons. The Bertz CT molecular complexity index is 709. The molecule has 8 heteroatoms. The number of amides is 2. The van der Waals surface area contributed by atoms with Crippen LogP contribution < -0.4 is 16.8 Å². The number of anilines is 2. The van der Waals surface area contributed by atoms with Crippen LogP contribution >= 0.6 is 11.3 Å². The molecule has 0 aliphatic heterocycles. The number of primary amides is 1. The minimum Gasteiger partial charge on any atom is -0.452 e. The van der Waals surface area contributed by atoms with E-state index >= 15 is 0 Å². The minimum absolute atomic E-state index is 0.211. The molecule has 0 atom stereocenters. The normalized spacial score (nSPS) is 10.0. The van der Waals surface area contributed by atoms with Crippen molar-refractivity contribution in [1.29, 1.82) is 0 Å². The Labute approximate surface area is 129 Å². The van der Waals surface area contributed by atoms with Crippen LogP contribution in [0.3, 0.4) is 0 Å². The van der Waals surface area contributed by atoms with Gasteiger partial charge in [0.25, 0.3) is 11.8 Å². The molecular weight excluding hydrogens is 306 g/mol. The summed E-state index contributed by atoms with van der Waals surface area (Å²) in [5.74, 6) is -1.85. The topological polar surface area (TPSA) is 125 Å². The van der Waals surface area contributed by atoms with E-state index in [1.807, 2.05) is 0 Å². The molecule has 2 aromatic rings. The highest BCUT2D eigenvalue weighted by atomic mass is 32.1. The molecule has 0 aliphatic rings. The summed E-state index contributed by atoms with van der Waals surface area (Å²) >= 11 is 1.15. The monoisotopic (exact) mass is 319 g/mol. The van der Waals surface area contributed by atoms with E-state index in [1.54, 1.807) is 17.5 Å². The number of carbonyl (C=O) groups excluding carboxylic acids is 3. The first-order chi connectivity index (χ1) is 10.5. The summed E-state index contributed by atoms with van der Waals surface area (Å²) < 4.78 is 4.88. The van der Waals surface area contributed by atoms with E-state index < -0.39 is 24.4 Å². The number of nitrogen functional groups attached to an aromatic ring is 1. The lowest BCUT2D eigenvalue weighted by Gasteiger charge is -2.06. The van der Waals surface area contributed by atoms with Crippen LogP contribution in [0.4, 0.5) is 10.7 Å². The number of nitrogens with two attached hydrogens (primary N) is 2. The van der Waals surface area contributed by atoms with Crippen molar-refractivity contribution in [2.45, 2.75) is 0 Å². The van der Waals surface area contributed by atoms with Gasteiger partial charge in [0.2, 0.25) is 0 Å². The standard InChI is InChI=1S/C14H13N3O4S/c15-9-3-1-8(2-4-9)14(20)21-7-11(18)17-13-10(12(16)19)5-6-22-13/h1-6H,7,15H2,(H2,16,19)(H,17,18). The molecule has 1 heterocycles. The Morgan fingerprint density at radius 1 is 1.14 bits per heavy atom. The number of benzene rings is 1. The van der Waals surface area contributed by atoms with Gasteiger partial charge in [0.05, 0.1) is 11.1 Å². The third kappa shape index (κ3) is 3.83. The van der Waals surface area contributed by atoms with Crippen LogP contribution in [0.5, 0.6) is 0 Å². The predicted molar refractivity (Wildman–Crippen MR) is 82.6 cm³/mol. The van der Waals surface area contributed by atoms with Crippen LogP contribution in [0.15, 0.2) is 35.7 Å². The molecular formula is C14H13N3O4S. The molecule has 2 rings (SSSR count). The molecule has 0 spiro atoms. The van der Waals surface area contributed by atoms with Crippen LogP contribution in [0.25, 0.3) is 0 Å². The maximum absolute atomic E-state index is 11.7. The number of esters is 1. The third-order valence-corrected chi connectivity index (χ3v) is 3.49. The molecule has 2 amide bonds. The van der Waals surface area contributed by atoms with Crippen LogP contribution in [-0.2, 0) is 9.53 Å². The van der Waals surface area contributed by atoms with E-state index in [4.69, 9.17) is 16.2 Å². The zero-order chi connectivity index (χ0) is 16.1.